The topological polar surface area (TPSA) is 67.3 Å². The summed E-state index contributed by atoms with van der Waals surface area (Å²) in [6, 6.07) is 3.87. The zero-order chi connectivity index (χ0) is 15.1. The van der Waals surface area contributed by atoms with Gasteiger partial charge in [-0.3, -0.25) is 4.90 Å². The molecule has 0 radical (unpaired) electrons. The third-order valence-electron chi connectivity index (χ3n) is 4.09. The number of carbonyl (C=O) groups excluding carboxylic acids is 1. The maximum Gasteiger partial charge on any atom is 0.410 e. The molecule has 1 spiro atoms. The van der Waals surface area contributed by atoms with Crippen LogP contribution in [-0.4, -0.2) is 52.0 Å². The van der Waals surface area contributed by atoms with Gasteiger partial charge in [0.2, 0.25) is 0 Å². The number of piperazine rings is 1. The Morgan fingerprint density at radius 2 is 2.33 bits per heavy atom. The van der Waals surface area contributed by atoms with Crippen molar-refractivity contribution in [2.75, 3.05) is 19.6 Å². The molecule has 2 unspecified atom stereocenters. The van der Waals surface area contributed by atoms with Crippen LogP contribution in [0.4, 0.5) is 4.79 Å². The van der Waals surface area contributed by atoms with Crippen molar-refractivity contribution < 1.29 is 9.53 Å². The molecule has 1 aliphatic heterocycles. The molecule has 1 amide bonds. The third-order valence-corrected chi connectivity index (χ3v) is 4.09. The fourth-order valence-electron chi connectivity index (χ4n) is 3.07. The van der Waals surface area contributed by atoms with Crippen LogP contribution in [0.1, 0.15) is 38.8 Å². The van der Waals surface area contributed by atoms with Crippen LogP contribution >= 0.6 is 0 Å². The summed E-state index contributed by atoms with van der Waals surface area (Å²) in [6.45, 7) is 7.94. The number of aromatic nitrogens is 2. The highest BCUT2D eigenvalue weighted by atomic mass is 16.6. The maximum atomic E-state index is 12.5. The second kappa shape index (κ2) is 4.94. The molecule has 1 N–H and O–H groups in total. The van der Waals surface area contributed by atoms with E-state index in [0.717, 1.165) is 25.2 Å². The van der Waals surface area contributed by atoms with Gasteiger partial charge in [-0.15, -0.1) is 0 Å². The number of ether oxygens (including phenoxy) is 1. The van der Waals surface area contributed by atoms with Crippen molar-refractivity contribution in [3.8, 4) is 0 Å². The summed E-state index contributed by atoms with van der Waals surface area (Å²) in [6.07, 6.45) is 2.36. The first-order valence-electron chi connectivity index (χ1n) is 7.41. The summed E-state index contributed by atoms with van der Waals surface area (Å²) in [5.74, 6) is 0.242. The van der Waals surface area contributed by atoms with E-state index < -0.39 is 5.60 Å². The molecule has 1 saturated heterocycles. The first-order chi connectivity index (χ1) is 9.92. The Labute approximate surface area is 124 Å². The molecule has 1 aliphatic carbocycles. The van der Waals surface area contributed by atoms with Gasteiger partial charge in [0.1, 0.15) is 5.60 Å². The number of carbonyl (C=O) groups is 1. The molecule has 6 heteroatoms. The molecule has 6 nitrogen and oxygen atoms in total. The van der Waals surface area contributed by atoms with Gasteiger partial charge < -0.3 is 10.1 Å². The Hall–Kier alpha value is -1.69. The van der Waals surface area contributed by atoms with Crippen LogP contribution < -0.4 is 5.32 Å². The normalized spacial score (nSPS) is 28.5. The molecule has 0 bridgehead atoms. The minimum atomic E-state index is -0.472. The molecular formula is C15H22N4O2. The van der Waals surface area contributed by atoms with Crippen LogP contribution in [0, 0.1) is 0 Å². The van der Waals surface area contributed by atoms with Gasteiger partial charge in [-0.2, -0.15) is 10.2 Å². The van der Waals surface area contributed by atoms with E-state index in [4.69, 9.17) is 4.74 Å². The quantitative estimate of drug-likeness (QED) is 0.850. The monoisotopic (exact) mass is 290 g/mol. The van der Waals surface area contributed by atoms with Crippen molar-refractivity contribution in [2.45, 2.75) is 44.2 Å². The van der Waals surface area contributed by atoms with Crippen molar-refractivity contribution in [1.29, 1.82) is 0 Å². The highest BCUT2D eigenvalue weighted by Crippen LogP contribution is 2.55. The number of amides is 1. The molecule has 21 heavy (non-hydrogen) atoms. The van der Waals surface area contributed by atoms with Crippen molar-refractivity contribution in [3.63, 3.8) is 0 Å². The summed E-state index contributed by atoms with van der Waals surface area (Å²) in [5.41, 5.74) is 0.284. The van der Waals surface area contributed by atoms with Gasteiger partial charge in [0.15, 0.2) is 0 Å². The molecule has 2 atom stereocenters. The lowest BCUT2D eigenvalue weighted by Gasteiger charge is -2.38. The van der Waals surface area contributed by atoms with Gasteiger partial charge in [0.05, 0.1) is 11.2 Å². The van der Waals surface area contributed by atoms with Crippen molar-refractivity contribution in [2.24, 2.45) is 0 Å². The molecule has 2 aliphatic rings. The van der Waals surface area contributed by atoms with Gasteiger partial charge in [0.25, 0.3) is 0 Å². The number of nitrogens with one attached hydrogen (secondary N) is 1. The SMILES string of the molecule is CC(C)(C)OC(=O)N1CCNCC12CC2c1cccnn1. The highest BCUT2D eigenvalue weighted by molar-refractivity contribution is 5.71. The van der Waals surface area contributed by atoms with Crippen molar-refractivity contribution in [1.82, 2.24) is 20.4 Å². The Morgan fingerprint density at radius 1 is 1.52 bits per heavy atom. The van der Waals surface area contributed by atoms with Gasteiger partial charge in [0, 0.05) is 31.7 Å². The van der Waals surface area contributed by atoms with Gasteiger partial charge in [-0.05, 0) is 39.3 Å². The number of rotatable bonds is 1. The van der Waals surface area contributed by atoms with Gasteiger partial charge in [-0.25, -0.2) is 4.79 Å². The van der Waals surface area contributed by atoms with E-state index in [1.807, 2.05) is 37.8 Å². The number of hydrogen-bond donors (Lipinski definition) is 1. The fraction of sp³-hybridized carbons (Fsp3) is 0.667. The standard InChI is InChI=1S/C15H22N4O2/c1-14(2,3)21-13(20)19-8-7-16-10-15(19)9-11(15)12-5-4-6-17-18-12/h4-6,11,16H,7-10H2,1-3H3. The van der Waals surface area contributed by atoms with Gasteiger partial charge >= 0.3 is 6.09 Å². The largest absolute Gasteiger partial charge is 0.444 e. The van der Waals surface area contributed by atoms with Crippen LogP contribution in [0.3, 0.4) is 0 Å². The Balaban J connectivity index is 1.79. The Morgan fingerprint density at radius 3 is 3.00 bits per heavy atom. The number of hydrogen-bond acceptors (Lipinski definition) is 5. The van der Waals surface area contributed by atoms with E-state index >= 15 is 0 Å². The minimum absolute atomic E-state index is 0.198. The lowest BCUT2D eigenvalue weighted by Crippen LogP contribution is -2.57. The zero-order valence-corrected chi connectivity index (χ0v) is 12.8. The second-order valence-corrected chi connectivity index (χ2v) is 6.82. The van der Waals surface area contributed by atoms with Gasteiger partial charge in [-0.1, -0.05) is 0 Å². The minimum Gasteiger partial charge on any atom is -0.444 e. The molecule has 114 valence electrons. The van der Waals surface area contributed by atoms with E-state index in [9.17, 15) is 4.79 Å². The zero-order valence-electron chi connectivity index (χ0n) is 12.8. The molecule has 1 aromatic heterocycles. The summed E-state index contributed by atoms with van der Waals surface area (Å²) in [7, 11) is 0. The van der Waals surface area contributed by atoms with Crippen LogP contribution in [0.15, 0.2) is 18.3 Å². The smallest absolute Gasteiger partial charge is 0.410 e. The predicted molar refractivity (Wildman–Crippen MR) is 77.9 cm³/mol. The van der Waals surface area contributed by atoms with E-state index in [1.54, 1.807) is 6.20 Å². The second-order valence-electron chi connectivity index (χ2n) is 6.82. The Kier molecular flexibility index (Phi) is 3.36. The summed E-state index contributed by atoms with van der Waals surface area (Å²) < 4.78 is 5.56. The predicted octanol–water partition coefficient (Wildman–Crippen LogP) is 1.54. The van der Waals surface area contributed by atoms with E-state index in [2.05, 4.69) is 15.5 Å². The van der Waals surface area contributed by atoms with Crippen LogP contribution in [-0.2, 0) is 4.74 Å². The van der Waals surface area contributed by atoms with Crippen molar-refractivity contribution in [3.05, 3.63) is 24.0 Å². The number of nitrogens with zero attached hydrogens (tertiary/aromatic N) is 3. The molecule has 1 saturated carbocycles. The lowest BCUT2D eigenvalue weighted by molar-refractivity contribution is 0.00744. The summed E-state index contributed by atoms with van der Waals surface area (Å²) >= 11 is 0. The summed E-state index contributed by atoms with van der Waals surface area (Å²) in [4.78, 5) is 14.4. The summed E-state index contributed by atoms with van der Waals surface area (Å²) in [5, 5.41) is 11.5. The molecule has 2 fully saturated rings. The Bertz CT molecular complexity index is 528. The van der Waals surface area contributed by atoms with E-state index in [1.165, 1.54) is 0 Å². The molecule has 0 aromatic carbocycles. The molecular weight excluding hydrogens is 268 g/mol. The van der Waals surface area contributed by atoms with E-state index in [-0.39, 0.29) is 17.6 Å². The van der Waals surface area contributed by atoms with E-state index in [0.29, 0.717) is 6.54 Å². The van der Waals surface area contributed by atoms with Crippen LogP contribution in [0.5, 0.6) is 0 Å². The molecule has 3 rings (SSSR count). The average Bonchev–Trinajstić information content (AvgIpc) is 3.13. The molecule has 1 aromatic rings. The first-order valence-corrected chi connectivity index (χ1v) is 7.41. The highest BCUT2D eigenvalue weighted by Gasteiger charge is 2.62. The van der Waals surface area contributed by atoms with Crippen LogP contribution in [0.25, 0.3) is 0 Å². The third kappa shape index (κ3) is 2.72. The molecule has 2 heterocycles. The average molecular weight is 290 g/mol. The van der Waals surface area contributed by atoms with Crippen LogP contribution in [0.2, 0.25) is 0 Å². The maximum absolute atomic E-state index is 12.5. The fourth-order valence-corrected chi connectivity index (χ4v) is 3.07. The van der Waals surface area contributed by atoms with Crippen molar-refractivity contribution >= 4 is 6.09 Å². The lowest BCUT2D eigenvalue weighted by atomic mass is 10.1. The first kappa shape index (κ1) is 14.3.